The predicted molar refractivity (Wildman–Crippen MR) is 167 cm³/mol. The van der Waals surface area contributed by atoms with Crippen LogP contribution < -0.4 is 0 Å². The van der Waals surface area contributed by atoms with Gasteiger partial charge in [0, 0.05) is 19.4 Å². The van der Waals surface area contributed by atoms with Gasteiger partial charge < -0.3 is 39.7 Å². The van der Waals surface area contributed by atoms with Gasteiger partial charge in [0.2, 0.25) is 0 Å². The Kier molecular flexibility index (Phi) is 10.7. The fourth-order valence-electron chi connectivity index (χ4n) is 11.2. The van der Waals surface area contributed by atoms with Crippen LogP contribution in [0.3, 0.4) is 0 Å². The first kappa shape index (κ1) is 36.8. The Labute approximate surface area is 274 Å². The van der Waals surface area contributed by atoms with Crippen molar-refractivity contribution in [2.24, 2.45) is 46.3 Å². The number of rotatable bonds is 11. The highest BCUT2D eigenvalue weighted by atomic mass is 32.3. The number of aliphatic hydroxyl groups excluding tert-OH is 4. The molecule has 0 aromatic carbocycles. The first-order valence-corrected chi connectivity index (χ1v) is 18.6. The van der Waals surface area contributed by atoms with Gasteiger partial charge in [0.1, 0.15) is 18.3 Å². The van der Waals surface area contributed by atoms with Gasteiger partial charge in [-0.25, -0.2) is 4.18 Å². The van der Waals surface area contributed by atoms with E-state index in [1.54, 1.807) is 0 Å². The van der Waals surface area contributed by atoms with Gasteiger partial charge in [-0.05, 0) is 91.8 Å². The second kappa shape index (κ2) is 13.4. The molecular formula is C33H58O12S. The molecule has 0 amide bonds. The van der Waals surface area contributed by atoms with Crippen molar-refractivity contribution in [3.05, 3.63) is 0 Å². The molecule has 6 N–H and O–H groups in total. The van der Waals surface area contributed by atoms with Crippen LogP contribution in [0.2, 0.25) is 0 Å². The first-order chi connectivity index (χ1) is 21.4. The molecule has 13 heteroatoms. The maximum Gasteiger partial charge on any atom is 0.397 e. The Morgan fingerprint density at radius 1 is 1.00 bits per heavy atom. The van der Waals surface area contributed by atoms with E-state index in [1.165, 1.54) is 7.11 Å². The molecule has 4 aliphatic carbocycles. The number of ether oxygens (including phenoxy) is 3. The zero-order valence-corrected chi connectivity index (χ0v) is 29.0. The first-order valence-electron chi connectivity index (χ1n) is 17.3. The van der Waals surface area contributed by atoms with Gasteiger partial charge in [0.25, 0.3) is 0 Å². The van der Waals surface area contributed by atoms with Crippen molar-refractivity contribution < 1.29 is 56.9 Å². The van der Waals surface area contributed by atoms with Crippen LogP contribution in [0.1, 0.15) is 92.4 Å². The topological polar surface area (TPSA) is 192 Å². The molecule has 1 aliphatic heterocycles. The monoisotopic (exact) mass is 678 g/mol. The lowest BCUT2D eigenvalue weighted by Crippen LogP contribution is -2.69. The van der Waals surface area contributed by atoms with E-state index in [2.05, 4.69) is 20.8 Å². The summed E-state index contributed by atoms with van der Waals surface area (Å²) in [6.45, 7) is 10.2. The molecule has 16 atom stereocenters. The molecule has 4 saturated carbocycles. The van der Waals surface area contributed by atoms with Crippen molar-refractivity contribution in [1.82, 2.24) is 0 Å². The maximum atomic E-state index is 12.7. The van der Waals surface area contributed by atoms with Crippen molar-refractivity contribution >= 4 is 10.4 Å². The molecule has 1 heterocycles. The minimum atomic E-state index is -4.81. The molecule has 0 bridgehead atoms. The molecule has 12 nitrogen and oxygen atoms in total. The van der Waals surface area contributed by atoms with Crippen LogP contribution in [0, 0.1) is 46.3 Å². The summed E-state index contributed by atoms with van der Waals surface area (Å²) in [5.74, 6) is -0.726. The smallest absolute Gasteiger partial charge is 0.394 e. The van der Waals surface area contributed by atoms with Crippen molar-refractivity contribution in [3.8, 4) is 0 Å². The van der Waals surface area contributed by atoms with Crippen LogP contribution >= 0.6 is 0 Å². The highest BCUT2D eigenvalue weighted by Crippen LogP contribution is 2.70. The third kappa shape index (κ3) is 6.45. The molecule has 0 radical (unpaired) electrons. The highest BCUT2D eigenvalue weighted by Gasteiger charge is 2.71. The van der Waals surface area contributed by atoms with Gasteiger partial charge in [-0.15, -0.1) is 0 Å². The largest absolute Gasteiger partial charge is 0.397 e. The van der Waals surface area contributed by atoms with Crippen molar-refractivity contribution in [1.29, 1.82) is 0 Å². The van der Waals surface area contributed by atoms with Crippen molar-refractivity contribution in [2.45, 2.75) is 147 Å². The summed E-state index contributed by atoms with van der Waals surface area (Å²) in [6.07, 6.45) is -1.04. The number of hydrogen-bond acceptors (Lipinski definition) is 11. The molecular weight excluding hydrogens is 620 g/mol. The van der Waals surface area contributed by atoms with Gasteiger partial charge in [-0.3, -0.25) is 4.55 Å². The van der Waals surface area contributed by atoms with E-state index in [0.29, 0.717) is 38.5 Å². The maximum absolute atomic E-state index is 12.7. The lowest BCUT2D eigenvalue weighted by atomic mass is 9.42. The van der Waals surface area contributed by atoms with Crippen LogP contribution in [-0.4, -0.2) is 107 Å². The number of hydrogen-bond donors (Lipinski definition) is 6. The quantitative estimate of drug-likeness (QED) is 0.175. The molecule has 5 aliphatic rings. The van der Waals surface area contributed by atoms with Crippen LogP contribution in [0.15, 0.2) is 0 Å². The molecule has 5 rings (SSSR count). The fraction of sp³-hybridized carbons (Fsp3) is 1.00. The Morgan fingerprint density at radius 3 is 2.26 bits per heavy atom. The minimum Gasteiger partial charge on any atom is -0.394 e. The van der Waals surface area contributed by atoms with E-state index in [0.717, 1.165) is 12.8 Å². The Balaban J connectivity index is 1.34. The van der Waals surface area contributed by atoms with Crippen molar-refractivity contribution in [3.63, 3.8) is 0 Å². The average molecular weight is 679 g/mol. The Bertz CT molecular complexity index is 1170. The zero-order valence-electron chi connectivity index (χ0n) is 28.2. The summed E-state index contributed by atoms with van der Waals surface area (Å²) in [5.41, 5.74) is -2.37. The number of fused-ring (bicyclic) bond motifs is 5. The van der Waals surface area contributed by atoms with Gasteiger partial charge in [0.15, 0.2) is 6.29 Å². The standard InChI is InChI=1S/C33H58O12S/c1-17(2)23(43-30-27(37)28(42-6)25(16-34)44-30)8-7-18(3)20-14-22(36)29-32(20,5)12-10-26-31(4)11-9-19(35)13-21(31)24(15-33(26,29)38)45-46(39,40)41/h17-30,34-38H,7-16H2,1-6H3,(H,39,40,41). The van der Waals surface area contributed by atoms with Crippen LogP contribution in [-0.2, 0) is 28.8 Å². The van der Waals surface area contributed by atoms with E-state index in [-0.39, 0.29) is 48.7 Å². The Hall–Kier alpha value is -0.450. The van der Waals surface area contributed by atoms with Crippen LogP contribution in [0.4, 0.5) is 0 Å². The molecule has 1 saturated heterocycles. The third-order valence-corrected chi connectivity index (χ3v) is 13.8. The van der Waals surface area contributed by atoms with Crippen LogP contribution in [0.25, 0.3) is 0 Å². The summed E-state index contributed by atoms with van der Waals surface area (Å²) < 4.78 is 56.3. The summed E-state index contributed by atoms with van der Waals surface area (Å²) in [5, 5.41) is 55.3. The summed E-state index contributed by atoms with van der Waals surface area (Å²) in [6, 6.07) is 0. The molecule has 0 aromatic heterocycles. The summed E-state index contributed by atoms with van der Waals surface area (Å²) in [7, 11) is -3.35. The van der Waals surface area contributed by atoms with Gasteiger partial charge in [0.05, 0.1) is 36.6 Å². The fourth-order valence-corrected chi connectivity index (χ4v) is 11.8. The van der Waals surface area contributed by atoms with E-state index < -0.39 is 75.7 Å². The second-order valence-electron chi connectivity index (χ2n) is 16.2. The van der Waals surface area contributed by atoms with E-state index in [9.17, 15) is 38.5 Å². The van der Waals surface area contributed by atoms with Gasteiger partial charge >= 0.3 is 10.4 Å². The van der Waals surface area contributed by atoms with Crippen LogP contribution in [0.5, 0.6) is 0 Å². The zero-order chi connectivity index (χ0) is 34.0. The predicted octanol–water partition coefficient (Wildman–Crippen LogP) is 2.44. The number of methoxy groups -OCH3 is 1. The highest BCUT2D eigenvalue weighted by molar-refractivity contribution is 7.80. The molecule has 16 unspecified atom stereocenters. The average Bonchev–Trinajstić information content (AvgIpc) is 3.42. The molecule has 268 valence electrons. The molecule has 0 aromatic rings. The van der Waals surface area contributed by atoms with Crippen molar-refractivity contribution in [2.75, 3.05) is 13.7 Å². The van der Waals surface area contributed by atoms with Gasteiger partial charge in [-0.1, -0.05) is 34.6 Å². The summed E-state index contributed by atoms with van der Waals surface area (Å²) in [4.78, 5) is 0. The molecule has 46 heavy (non-hydrogen) atoms. The van der Waals surface area contributed by atoms with E-state index in [4.69, 9.17) is 18.4 Å². The summed E-state index contributed by atoms with van der Waals surface area (Å²) >= 11 is 0. The lowest BCUT2D eigenvalue weighted by Gasteiger charge is -2.66. The number of aliphatic hydroxyl groups is 5. The van der Waals surface area contributed by atoms with E-state index in [1.807, 2.05) is 13.8 Å². The minimum absolute atomic E-state index is 0.0346. The lowest BCUT2D eigenvalue weighted by molar-refractivity contribution is -0.260. The third-order valence-electron chi connectivity index (χ3n) is 13.3. The normalized spacial score (nSPS) is 48.9. The SMILES string of the molecule is COC1C(CO)OC(OC(CCC(C)C2CC(O)C3C2(C)CCC2C4(C)CCC(O)CC4C(OS(=O)(=O)O)CC23O)C(C)C)C1O. The molecule has 5 fully saturated rings. The Morgan fingerprint density at radius 2 is 1.67 bits per heavy atom. The van der Waals surface area contributed by atoms with Gasteiger partial charge in [-0.2, -0.15) is 8.42 Å². The molecule has 0 spiro atoms. The van der Waals surface area contributed by atoms with E-state index >= 15 is 0 Å². The second-order valence-corrected chi connectivity index (χ2v) is 17.2.